The second kappa shape index (κ2) is 9.18. The molecule has 208 valence electrons. The van der Waals surface area contributed by atoms with Crippen molar-refractivity contribution < 1.29 is 4.42 Å². The summed E-state index contributed by atoms with van der Waals surface area (Å²) in [5.41, 5.74) is 13.9. The first-order valence-electron chi connectivity index (χ1n) is 14.5. The van der Waals surface area contributed by atoms with Crippen LogP contribution in [0.15, 0.2) is 143 Å². The van der Waals surface area contributed by atoms with Crippen molar-refractivity contribution in [2.75, 3.05) is 0 Å². The summed E-state index contributed by atoms with van der Waals surface area (Å²) in [4.78, 5) is 4.70. The molecule has 6 aromatic carbocycles. The minimum Gasteiger partial charge on any atom is -0.456 e. The van der Waals surface area contributed by atoms with E-state index in [1.807, 2.05) is 71.3 Å². The molecule has 0 saturated carbocycles. The minimum absolute atomic E-state index is 0.0378. The largest absolute Gasteiger partial charge is 0.456 e. The Labute approximate surface area is 251 Å². The van der Waals surface area contributed by atoms with Gasteiger partial charge in [-0.1, -0.05) is 91.0 Å². The standard InChI is InChI=1S/C38H25N5O/c39-37(23-18-19-28-27-14-6-9-17-33(27)44-34(28)22-23)41-38(40)43-32-16-8-5-13-26(32)30-21-20-29-25-12-4-7-15-31(25)42(35(29)36(30)43)24-10-2-1-3-11-24/h1-22H,(H3,39,40,41). The predicted octanol–water partition coefficient (Wildman–Crippen LogP) is 8.98. The van der Waals surface area contributed by atoms with Crippen molar-refractivity contribution in [2.45, 2.75) is 0 Å². The van der Waals surface area contributed by atoms with Crippen molar-refractivity contribution >= 4 is 77.3 Å². The highest BCUT2D eigenvalue weighted by molar-refractivity contribution is 6.26. The summed E-state index contributed by atoms with van der Waals surface area (Å²) in [5, 5.41) is 15.8. The number of nitrogens with two attached hydrogens (primary N) is 1. The maximum atomic E-state index is 9.39. The van der Waals surface area contributed by atoms with E-state index in [1.165, 1.54) is 0 Å². The lowest BCUT2D eigenvalue weighted by Gasteiger charge is -2.11. The molecule has 0 saturated heterocycles. The summed E-state index contributed by atoms with van der Waals surface area (Å²) >= 11 is 0. The van der Waals surface area contributed by atoms with Crippen molar-refractivity contribution in [1.29, 1.82) is 5.41 Å². The van der Waals surface area contributed by atoms with Gasteiger partial charge in [-0.05, 0) is 42.5 Å². The molecule has 0 aliphatic carbocycles. The molecule has 0 bridgehead atoms. The van der Waals surface area contributed by atoms with Gasteiger partial charge < -0.3 is 14.7 Å². The number of fused-ring (bicyclic) bond motifs is 10. The summed E-state index contributed by atoms with van der Waals surface area (Å²) in [5.74, 6) is 0.287. The van der Waals surface area contributed by atoms with Gasteiger partial charge in [0.25, 0.3) is 0 Å². The third-order valence-corrected chi connectivity index (χ3v) is 8.60. The van der Waals surface area contributed by atoms with E-state index in [-0.39, 0.29) is 11.8 Å². The van der Waals surface area contributed by atoms with Crippen LogP contribution in [-0.2, 0) is 0 Å². The Hall–Kier alpha value is -6.14. The fourth-order valence-electron chi connectivity index (χ4n) is 6.68. The number of aliphatic imine (C=N–C) groups is 1. The second-order valence-corrected chi connectivity index (χ2v) is 11.0. The Morgan fingerprint density at radius 3 is 1.95 bits per heavy atom. The first-order chi connectivity index (χ1) is 21.7. The van der Waals surface area contributed by atoms with E-state index >= 15 is 0 Å². The van der Waals surface area contributed by atoms with Crippen molar-refractivity contribution in [3.05, 3.63) is 139 Å². The Morgan fingerprint density at radius 2 is 1.16 bits per heavy atom. The van der Waals surface area contributed by atoms with E-state index in [9.17, 15) is 5.41 Å². The zero-order valence-electron chi connectivity index (χ0n) is 23.5. The smallest absolute Gasteiger partial charge is 0.229 e. The van der Waals surface area contributed by atoms with Crippen LogP contribution in [0.25, 0.3) is 71.2 Å². The molecule has 0 radical (unpaired) electrons. The third-order valence-electron chi connectivity index (χ3n) is 8.60. The van der Waals surface area contributed by atoms with Crippen LogP contribution >= 0.6 is 0 Å². The van der Waals surface area contributed by atoms with Gasteiger partial charge in [0.15, 0.2) is 0 Å². The summed E-state index contributed by atoms with van der Waals surface area (Å²) in [6, 6.07) is 45.2. The molecule has 44 heavy (non-hydrogen) atoms. The molecule has 6 nitrogen and oxygen atoms in total. The number of aromatic nitrogens is 2. The topological polar surface area (TPSA) is 85.2 Å². The highest BCUT2D eigenvalue weighted by Crippen LogP contribution is 2.40. The third kappa shape index (κ3) is 3.42. The summed E-state index contributed by atoms with van der Waals surface area (Å²) in [6.45, 7) is 0. The van der Waals surface area contributed by atoms with Gasteiger partial charge >= 0.3 is 0 Å². The molecule has 6 heteroatoms. The molecule has 3 N–H and O–H groups in total. The molecule has 0 amide bonds. The van der Waals surface area contributed by atoms with E-state index in [0.29, 0.717) is 5.56 Å². The SMILES string of the molecule is N=C(/N=C(\N)c1ccc2c(c1)oc1ccccc12)n1c2ccccc2c2ccc3c4ccccc4n(-c4ccccc4)c3c21. The maximum Gasteiger partial charge on any atom is 0.229 e. The molecule has 9 rings (SSSR count). The van der Waals surface area contributed by atoms with E-state index < -0.39 is 0 Å². The van der Waals surface area contributed by atoms with Gasteiger partial charge in [0.2, 0.25) is 5.96 Å². The molecule has 0 unspecified atom stereocenters. The van der Waals surface area contributed by atoms with Crippen molar-refractivity contribution in [1.82, 2.24) is 9.13 Å². The zero-order chi connectivity index (χ0) is 29.4. The average Bonchev–Trinajstić information content (AvgIpc) is 3.72. The molecule has 9 aromatic rings. The van der Waals surface area contributed by atoms with Gasteiger partial charge in [-0.3, -0.25) is 9.98 Å². The van der Waals surface area contributed by atoms with Gasteiger partial charge in [0.1, 0.15) is 17.0 Å². The van der Waals surface area contributed by atoms with Gasteiger partial charge in [-0.15, -0.1) is 0 Å². The van der Waals surface area contributed by atoms with Crippen molar-refractivity contribution in [3.63, 3.8) is 0 Å². The van der Waals surface area contributed by atoms with Gasteiger partial charge in [0, 0.05) is 43.6 Å². The van der Waals surface area contributed by atoms with Crippen LogP contribution in [0.5, 0.6) is 0 Å². The highest BCUT2D eigenvalue weighted by atomic mass is 16.3. The number of para-hydroxylation sites is 4. The number of nitrogens with one attached hydrogen (secondary N) is 1. The predicted molar refractivity (Wildman–Crippen MR) is 181 cm³/mol. The normalized spacial score (nSPS) is 12.4. The molecule has 0 fully saturated rings. The number of nitrogens with zero attached hydrogens (tertiary/aromatic N) is 3. The van der Waals surface area contributed by atoms with E-state index in [4.69, 9.17) is 15.1 Å². The lowest BCUT2D eigenvalue weighted by atomic mass is 10.1. The average molecular weight is 568 g/mol. The quantitative estimate of drug-likeness (QED) is 0.161. The number of benzene rings is 6. The Bertz CT molecular complexity index is 2640. The monoisotopic (exact) mass is 567 g/mol. The summed E-state index contributed by atoms with van der Waals surface area (Å²) < 4.78 is 10.3. The highest BCUT2D eigenvalue weighted by Gasteiger charge is 2.22. The Balaban J connectivity index is 1.31. The van der Waals surface area contributed by atoms with Crippen molar-refractivity contribution in [2.24, 2.45) is 10.7 Å². The minimum atomic E-state index is 0.0378. The first-order valence-corrected chi connectivity index (χ1v) is 14.5. The summed E-state index contributed by atoms with van der Waals surface area (Å²) in [6.07, 6.45) is 0. The second-order valence-electron chi connectivity index (χ2n) is 11.0. The number of rotatable bonds is 2. The number of furan rings is 1. The van der Waals surface area contributed by atoms with Gasteiger partial charge in [0.05, 0.1) is 22.1 Å². The molecule has 0 aliphatic heterocycles. The molecule has 0 aliphatic rings. The lowest BCUT2D eigenvalue weighted by Crippen LogP contribution is -2.18. The lowest BCUT2D eigenvalue weighted by molar-refractivity contribution is 0.669. The van der Waals surface area contributed by atoms with Crippen molar-refractivity contribution in [3.8, 4) is 5.69 Å². The van der Waals surface area contributed by atoms with E-state index in [2.05, 4.69) is 71.3 Å². The Kier molecular flexibility index (Phi) is 5.10. The fraction of sp³-hybridized carbons (Fsp3) is 0. The van der Waals surface area contributed by atoms with Gasteiger partial charge in [-0.2, -0.15) is 4.99 Å². The van der Waals surface area contributed by atoms with Crippen LogP contribution in [0.2, 0.25) is 0 Å². The number of hydrogen-bond donors (Lipinski definition) is 2. The van der Waals surface area contributed by atoms with E-state index in [0.717, 1.165) is 71.2 Å². The maximum absolute atomic E-state index is 9.39. The number of amidine groups is 1. The van der Waals surface area contributed by atoms with Gasteiger partial charge in [-0.25, -0.2) is 0 Å². The van der Waals surface area contributed by atoms with Crippen LogP contribution in [0.4, 0.5) is 0 Å². The van der Waals surface area contributed by atoms with E-state index in [1.54, 1.807) is 0 Å². The van der Waals surface area contributed by atoms with Crippen LogP contribution in [0.3, 0.4) is 0 Å². The van der Waals surface area contributed by atoms with Crippen LogP contribution in [0, 0.1) is 5.41 Å². The molecule has 0 atom stereocenters. The first kappa shape index (κ1) is 24.5. The zero-order valence-corrected chi connectivity index (χ0v) is 23.5. The van der Waals surface area contributed by atoms with Crippen LogP contribution in [0.1, 0.15) is 5.56 Å². The summed E-state index contributed by atoms with van der Waals surface area (Å²) in [7, 11) is 0. The molecule has 3 heterocycles. The molecular weight excluding hydrogens is 542 g/mol. The van der Waals surface area contributed by atoms with Crippen LogP contribution in [-0.4, -0.2) is 20.9 Å². The molecular formula is C38H25N5O. The molecule has 3 aromatic heterocycles. The Morgan fingerprint density at radius 1 is 0.568 bits per heavy atom. The van der Waals surface area contributed by atoms with Crippen LogP contribution < -0.4 is 5.73 Å². The number of hydrogen-bond acceptors (Lipinski definition) is 2. The molecule has 0 spiro atoms. The fourth-order valence-corrected chi connectivity index (χ4v) is 6.68.